The van der Waals surface area contributed by atoms with Gasteiger partial charge in [-0.3, -0.25) is 9.59 Å². The SMILES string of the molecule is CC(C)(NC(=O)C1CCC(c2ccc(NC(=O)CNc3ccccc3)cc2)CC1)C(=O)O. The summed E-state index contributed by atoms with van der Waals surface area (Å²) in [5.74, 6) is -1.13. The lowest BCUT2D eigenvalue weighted by molar-refractivity contribution is -0.146. The van der Waals surface area contributed by atoms with E-state index < -0.39 is 11.5 Å². The van der Waals surface area contributed by atoms with Gasteiger partial charge in [-0.2, -0.15) is 0 Å². The van der Waals surface area contributed by atoms with Gasteiger partial charge in [0.2, 0.25) is 11.8 Å². The fourth-order valence-corrected chi connectivity index (χ4v) is 3.93. The Bertz CT molecular complexity index is 933. The Balaban J connectivity index is 1.46. The topological polar surface area (TPSA) is 108 Å². The second-order valence-corrected chi connectivity index (χ2v) is 8.86. The van der Waals surface area contributed by atoms with E-state index in [9.17, 15) is 19.5 Å². The van der Waals surface area contributed by atoms with Crippen molar-refractivity contribution in [1.82, 2.24) is 5.32 Å². The van der Waals surface area contributed by atoms with Crippen LogP contribution >= 0.6 is 0 Å². The number of hydrogen-bond donors (Lipinski definition) is 4. The van der Waals surface area contributed by atoms with Crippen molar-refractivity contribution in [2.75, 3.05) is 17.2 Å². The third kappa shape index (κ3) is 6.33. The second-order valence-electron chi connectivity index (χ2n) is 8.86. The summed E-state index contributed by atoms with van der Waals surface area (Å²) in [6.07, 6.45) is 3.21. The van der Waals surface area contributed by atoms with E-state index in [-0.39, 0.29) is 24.3 Å². The lowest BCUT2D eigenvalue weighted by Crippen LogP contribution is -2.51. The number of carboxylic acids is 1. The van der Waals surface area contributed by atoms with Crippen LogP contribution in [0.5, 0.6) is 0 Å². The zero-order valence-corrected chi connectivity index (χ0v) is 18.6. The number of carboxylic acid groups (broad SMARTS) is 1. The van der Waals surface area contributed by atoms with Crippen LogP contribution in [0.25, 0.3) is 0 Å². The standard InChI is InChI=1S/C25H31N3O4/c1-25(2,24(31)32)28-23(30)19-10-8-17(9-11-19)18-12-14-21(15-13-18)27-22(29)16-26-20-6-4-3-5-7-20/h3-7,12-15,17,19,26H,8-11,16H2,1-2H3,(H,27,29)(H,28,30)(H,31,32). The van der Waals surface area contributed by atoms with Crippen LogP contribution < -0.4 is 16.0 Å². The lowest BCUT2D eigenvalue weighted by atomic mass is 9.78. The van der Waals surface area contributed by atoms with Gasteiger partial charge in [-0.1, -0.05) is 30.3 Å². The number of rotatable bonds is 8. The molecule has 0 aliphatic heterocycles. The summed E-state index contributed by atoms with van der Waals surface area (Å²) in [5, 5.41) is 17.8. The Hall–Kier alpha value is -3.35. The minimum Gasteiger partial charge on any atom is -0.480 e. The number of amides is 2. The first-order valence-electron chi connectivity index (χ1n) is 11.0. The molecule has 2 aromatic carbocycles. The summed E-state index contributed by atoms with van der Waals surface area (Å²) in [6.45, 7) is 3.18. The third-order valence-electron chi connectivity index (χ3n) is 5.96. The van der Waals surface area contributed by atoms with E-state index in [1.807, 2.05) is 54.6 Å². The van der Waals surface area contributed by atoms with Crippen LogP contribution in [-0.2, 0) is 14.4 Å². The normalized spacial score (nSPS) is 18.4. The minimum atomic E-state index is -1.26. The minimum absolute atomic E-state index is 0.114. The van der Waals surface area contributed by atoms with E-state index in [1.54, 1.807) is 0 Å². The molecular formula is C25H31N3O4. The van der Waals surface area contributed by atoms with Crippen molar-refractivity contribution < 1.29 is 19.5 Å². The molecule has 4 N–H and O–H groups in total. The van der Waals surface area contributed by atoms with Crippen LogP contribution in [0.15, 0.2) is 54.6 Å². The van der Waals surface area contributed by atoms with E-state index in [1.165, 1.54) is 19.4 Å². The average molecular weight is 438 g/mol. The van der Waals surface area contributed by atoms with E-state index in [0.29, 0.717) is 5.92 Å². The number of aliphatic carboxylic acids is 1. The first-order chi connectivity index (χ1) is 15.2. The summed E-state index contributed by atoms with van der Waals surface area (Å²) in [4.78, 5) is 35.8. The monoisotopic (exact) mass is 437 g/mol. The maximum absolute atomic E-state index is 12.4. The molecular weight excluding hydrogens is 406 g/mol. The van der Waals surface area contributed by atoms with Gasteiger partial charge in [0.1, 0.15) is 5.54 Å². The quantitative estimate of drug-likeness (QED) is 0.499. The zero-order valence-electron chi connectivity index (χ0n) is 18.6. The molecule has 2 aromatic rings. The molecule has 0 bridgehead atoms. The Morgan fingerprint density at radius 1 is 0.906 bits per heavy atom. The van der Waals surface area contributed by atoms with Gasteiger partial charge in [0.25, 0.3) is 0 Å². The molecule has 7 nitrogen and oxygen atoms in total. The highest BCUT2D eigenvalue weighted by atomic mass is 16.4. The van der Waals surface area contributed by atoms with Crippen molar-refractivity contribution in [3.8, 4) is 0 Å². The molecule has 0 unspecified atom stereocenters. The molecule has 0 spiro atoms. The number of nitrogens with one attached hydrogen (secondary N) is 3. The Morgan fingerprint density at radius 3 is 2.12 bits per heavy atom. The average Bonchev–Trinajstić information content (AvgIpc) is 2.78. The van der Waals surface area contributed by atoms with Crippen LogP contribution in [0, 0.1) is 5.92 Å². The highest BCUT2D eigenvalue weighted by Crippen LogP contribution is 2.36. The number of benzene rings is 2. The molecule has 32 heavy (non-hydrogen) atoms. The van der Waals surface area contributed by atoms with Gasteiger partial charge in [0.05, 0.1) is 6.54 Å². The number of anilines is 2. The van der Waals surface area contributed by atoms with Crippen molar-refractivity contribution in [1.29, 1.82) is 0 Å². The van der Waals surface area contributed by atoms with Crippen molar-refractivity contribution in [2.45, 2.75) is 51.0 Å². The molecule has 0 radical (unpaired) electrons. The second kappa shape index (κ2) is 10.3. The molecule has 0 heterocycles. The Morgan fingerprint density at radius 2 is 1.53 bits per heavy atom. The van der Waals surface area contributed by atoms with Crippen LogP contribution in [0.1, 0.15) is 51.0 Å². The van der Waals surface area contributed by atoms with E-state index in [0.717, 1.165) is 37.1 Å². The first-order valence-corrected chi connectivity index (χ1v) is 11.0. The maximum Gasteiger partial charge on any atom is 0.328 e. The molecule has 1 aliphatic rings. The van der Waals surface area contributed by atoms with Gasteiger partial charge in [-0.05, 0) is 75.3 Å². The van der Waals surface area contributed by atoms with Gasteiger partial charge in [0.15, 0.2) is 0 Å². The summed E-state index contributed by atoms with van der Waals surface area (Å²) in [6, 6.07) is 17.4. The smallest absolute Gasteiger partial charge is 0.328 e. The number of hydrogen-bond acceptors (Lipinski definition) is 4. The molecule has 7 heteroatoms. The molecule has 0 aromatic heterocycles. The Kier molecular flexibility index (Phi) is 7.51. The largest absolute Gasteiger partial charge is 0.480 e. The molecule has 170 valence electrons. The van der Waals surface area contributed by atoms with Gasteiger partial charge < -0.3 is 21.1 Å². The van der Waals surface area contributed by atoms with Crippen molar-refractivity contribution >= 4 is 29.2 Å². The Labute approximate surface area is 188 Å². The number of carbonyl (C=O) groups excluding carboxylic acids is 2. The first kappa shape index (κ1) is 23.3. The molecule has 0 atom stereocenters. The predicted molar refractivity (Wildman–Crippen MR) is 125 cm³/mol. The summed E-state index contributed by atoms with van der Waals surface area (Å²) in [5.41, 5.74) is 1.58. The molecule has 1 fully saturated rings. The third-order valence-corrected chi connectivity index (χ3v) is 5.96. The molecule has 1 saturated carbocycles. The van der Waals surface area contributed by atoms with Crippen molar-refractivity contribution in [2.24, 2.45) is 5.92 Å². The fraction of sp³-hybridized carbons (Fsp3) is 0.400. The highest BCUT2D eigenvalue weighted by Gasteiger charge is 2.33. The molecule has 0 saturated heterocycles. The van der Waals surface area contributed by atoms with Gasteiger partial charge >= 0.3 is 5.97 Å². The van der Waals surface area contributed by atoms with E-state index >= 15 is 0 Å². The van der Waals surface area contributed by atoms with Crippen LogP contribution in [0.2, 0.25) is 0 Å². The van der Waals surface area contributed by atoms with E-state index in [2.05, 4.69) is 16.0 Å². The zero-order chi connectivity index (χ0) is 23.1. The van der Waals surface area contributed by atoms with Crippen molar-refractivity contribution in [3.63, 3.8) is 0 Å². The highest BCUT2D eigenvalue weighted by molar-refractivity contribution is 5.93. The summed E-state index contributed by atoms with van der Waals surface area (Å²) in [7, 11) is 0. The van der Waals surface area contributed by atoms with Crippen LogP contribution in [0.4, 0.5) is 11.4 Å². The number of carbonyl (C=O) groups is 3. The van der Waals surface area contributed by atoms with Gasteiger partial charge in [-0.25, -0.2) is 4.79 Å². The van der Waals surface area contributed by atoms with E-state index in [4.69, 9.17) is 0 Å². The lowest BCUT2D eigenvalue weighted by Gasteiger charge is -2.30. The molecule has 2 amide bonds. The van der Waals surface area contributed by atoms with Crippen LogP contribution in [-0.4, -0.2) is 35.0 Å². The van der Waals surface area contributed by atoms with Gasteiger partial charge in [0, 0.05) is 17.3 Å². The van der Waals surface area contributed by atoms with Gasteiger partial charge in [-0.15, -0.1) is 0 Å². The fourth-order valence-electron chi connectivity index (χ4n) is 3.93. The van der Waals surface area contributed by atoms with Crippen LogP contribution in [0.3, 0.4) is 0 Å². The summed E-state index contributed by atoms with van der Waals surface area (Å²) >= 11 is 0. The molecule has 1 aliphatic carbocycles. The summed E-state index contributed by atoms with van der Waals surface area (Å²) < 4.78 is 0. The van der Waals surface area contributed by atoms with Crippen molar-refractivity contribution in [3.05, 3.63) is 60.2 Å². The molecule has 3 rings (SSSR count). The maximum atomic E-state index is 12.4. The number of para-hydroxylation sites is 1. The predicted octanol–water partition coefficient (Wildman–Crippen LogP) is 3.99.